The van der Waals surface area contributed by atoms with Gasteiger partial charge in [0.15, 0.2) is 0 Å². The van der Waals surface area contributed by atoms with Gasteiger partial charge in [0, 0.05) is 6.54 Å². The number of ether oxygens (including phenoxy) is 1. The Bertz CT molecular complexity index is 451. The summed E-state index contributed by atoms with van der Waals surface area (Å²) in [6.07, 6.45) is 5.35. The molecule has 0 aromatic carbocycles. The molecular formula is C15H24N2O4. The third-order valence-corrected chi connectivity index (χ3v) is 4.63. The Kier molecular flexibility index (Phi) is 4.25. The van der Waals surface area contributed by atoms with E-state index in [9.17, 15) is 14.4 Å². The van der Waals surface area contributed by atoms with Gasteiger partial charge in [0.25, 0.3) is 5.91 Å². The Morgan fingerprint density at radius 2 is 1.81 bits per heavy atom. The molecule has 0 bridgehead atoms. The fourth-order valence-electron chi connectivity index (χ4n) is 3.37. The summed E-state index contributed by atoms with van der Waals surface area (Å²) in [6.45, 7) is 3.66. The van der Waals surface area contributed by atoms with Crippen LogP contribution in [0.25, 0.3) is 0 Å². The van der Waals surface area contributed by atoms with Gasteiger partial charge in [-0.15, -0.1) is 0 Å². The second-order valence-electron chi connectivity index (χ2n) is 6.67. The molecule has 6 heteroatoms. The van der Waals surface area contributed by atoms with E-state index in [1.807, 2.05) is 0 Å². The molecule has 0 atom stereocenters. The third-order valence-electron chi connectivity index (χ3n) is 4.63. The first-order valence-corrected chi connectivity index (χ1v) is 7.55. The van der Waals surface area contributed by atoms with E-state index in [1.54, 1.807) is 18.7 Å². The van der Waals surface area contributed by atoms with Gasteiger partial charge in [0.2, 0.25) is 0 Å². The van der Waals surface area contributed by atoms with Gasteiger partial charge in [-0.25, -0.2) is 4.79 Å². The molecule has 2 fully saturated rings. The average molecular weight is 296 g/mol. The Hall–Kier alpha value is -1.59. The van der Waals surface area contributed by atoms with Crippen molar-refractivity contribution in [2.75, 3.05) is 13.7 Å². The van der Waals surface area contributed by atoms with Gasteiger partial charge in [-0.1, -0.05) is 25.7 Å². The molecule has 0 aromatic heterocycles. The standard InChI is InChI=1S/C15H24N2O4/c1-14(2,12(19)21-3)10-17-13(20)16-11(18)15(17)8-6-4-5-7-9-15/h4-10H2,1-3H3,(H,16,18,20). The minimum absolute atomic E-state index is 0.192. The van der Waals surface area contributed by atoms with Crippen LogP contribution < -0.4 is 5.32 Å². The largest absolute Gasteiger partial charge is 0.469 e. The molecule has 1 saturated heterocycles. The molecule has 0 aromatic rings. The van der Waals surface area contributed by atoms with Crippen LogP contribution in [0.1, 0.15) is 52.4 Å². The highest BCUT2D eigenvalue weighted by Crippen LogP contribution is 2.38. The summed E-state index contributed by atoms with van der Waals surface area (Å²) in [6, 6.07) is -0.390. The highest BCUT2D eigenvalue weighted by atomic mass is 16.5. The molecule has 0 radical (unpaired) electrons. The van der Waals surface area contributed by atoms with E-state index in [4.69, 9.17) is 4.74 Å². The summed E-state index contributed by atoms with van der Waals surface area (Å²) < 4.78 is 4.81. The first-order chi connectivity index (χ1) is 9.83. The zero-order valence-electron chi connectivity index (χ0n) is 13.0. The number of carbonyl (C=O) groups excluding carboxylic acids is 3. The van der Waals surface area contributed by atoms with E-state index in [0.717, 1.165) is 25.7 Å². The second-order valence-corrected chi connectivity index (χ2v) is 6.67. The molecule has 1 N–H and O–H groups in total. The van der Waals surface area contributed by atoms with Gasteiger partial charge in [-0.3, -0.25) is 14.9 Å². The molecule has 1 saturated carbocycles. The molecule has 1 aliphatic carbocycles. The smallest absolute Gasteiger partial charge is 0.325 e. The van der Waals surface area contributed by atoms with Crippen LogP contribution >= 0.6 is 0 Å². The molecule has 2 rings (SSSR count). The number of hydrogen-bond acceptors (Lipinski definition) is 4. The number of methoxy groups -OCH3 is 1. The van der Waals surface area contributed by atoms with Gasteiger partial charge in [0.05, 0.1) is 12.5 Å². The maximum atomic E-state index is 12.4. The lowest BCUT2D eigenvalue weighted by Gasteiger charge is -2.38. The van der Waals surface area contributed by atoms with Gasteiger partial charge < -0.3 is 9.64 Å². The quantitative estimate of drug-likeness (QED) is 0.637. The van der Waals surface area contributed by atoms with Crippen LogP contribution in [0.3, 0.4) is 0 Å². The molecule has 6 nitrogen and oxygen atoms in total. The second kappa shape index (κ2) is 5.66. The Balaban J connectivity index is 2.28. The van der Waals surface area contributed by atoms with Gasteiger partial charge in [0.1, 0.15) is 5.54 Å². The molecule has 1 spiro atoms. The maximum absolute atomic E-state index is 12.4. The van der Waals surface area contributed by atoms with E-state index in [2.05, 4.69) is 5.32 Å². The first-order valence-electron chi connectivity index (χ1n) is 7.55. The van der Waals surface area contributed by atoms with Crippen molar-refractivity contribution in [3.05, 3.63) is 0 Å². The SMILES string of the molecule is COC(=O)C(C)(C)CN1C(=O)NC(=O)C12CCCCCC2. The normalized spacial score (nSPS) is 22.1. The number of amides is 3. The maximum Gasteiger partial charge on any atom is 0.325 e. The van der Waals surface area contributed by atoms with E-state index in [-0.39, 0.29) is 24.5 Å². The lowest BCUT2D eigenvalue weighted by molar-refractivity contribution is -0.152. The minimum atomic E-state index is -0.837. The fourth-order valence-corrected chi connectivity index (χ4v) is 3.37. The van der Waals surface area contributed by atoms with Crippen LogP contribution in [-0.4, -0.2) is 42.0 Å². The van der Waals surface area contributed by atoms with Crippen molar-refractivity contribution in [1.29, 1.82) is 0 Å². The molecule has 1 heterocycles. The topological polar surface area (TPSA) is 75.7 Å². The van der Waals surface area contributed by atoms with E-state index >= 15 is 0 Å². The number of urea groups is 1. The molecule has 3 amide bonds. The predicted molar refractivity (Wildman–Crippen MR) is 76.5 cm³/mol. The summed E-state index contributed by atoms with van der Waals surface area (Å²) in [4.78, 5) is 38.0. The molecule has 21 heavy (non-hydrogen) atoms. The summed E-state index contributed by atoms with van der Waals surface area (Å²) in [7, 11) is 1.33. The highest BCUT2D eigenvalue weighted by molar-refractivity contribution is 6.07. The summed E-state index contributed by atoms with van der Waals surface area (Å²) in [5.74, 6) is -0.589. The number of hydrogen-bond donors (Lipinski definition) is 1. The third kappa shape index (κ3) is 2.76. The van der Waals surface area contributed by atoms with Crippen molar-refractivity contribution in [2.45, 2.75) is 57.9 Å². The number of nitrogens with zero attached hydrogens (tertiary/aromatic N) is 1. The molecule has 0 unspecified atom stereocenters. The lowest BCUT2D eigenvalue weighted by Crippen LogP contribution is -2.53. The number of esters is 1. The van der Waals surface area contributed by atoms with Crippen LogP contribution in [0, 0.1) is 5.41 Å². The van der Waals surface area contributed by atoms with Gasteiger partial charge in [-0.2, -0.15) is 0 Å². The molecule has 2 aliphatic rings. The van der Waals surface area contributed by atoms with Crippen LogP contribution in [0.5, 0.6) is 0 Å². The highest BCUT2D eigenvalue weighted by Gasteiger charge is 2.54. The zero-order valence-corrected chi connectivity index (χ0v) is 13.0. The number of nitrogens with one attached hydrogen (secondary N) is 1. The van der Waals surface area contributed by atoms with Crippen LogP contribution in [0.15, 0.2) is 0 Å². The van der Waals surface area contributed by atoms with Crippen molar-refractivity contribution in [2.24, 2.45) is 5.41 Å². The van der Waals surface area contributed by atoms with Crippen LogP contribution in [-0.2, 0) is 14.3 Å². The van der Waals surface area contributed by atoms with Crippen LogP contribution in [0.2, 0.25) is 0 Å². The Labute approximate surface area is 125 Å². The first kappa shape index (κ1) is 15.8. The van der Waals surface area contributed by atoms with E-state index in [0.29, 0.717) is 12.8 Å². The Morgan fingerprint density at radius 1 is 1.24 bits per heavy atom. The van der Waals surface area contributed by atoms with Crippen molar-refractivity contribution in [1.82, 2.24) is 10.2 Å². The summed E-state index contributed by atoms with van der Waals surface area (Å²) >= 11 is 0. The molecule has 118 valence electrons. The van der Waals surface area contributed by atoms with E-state index in [1.165, 1.54) is 7.11 Å². The monoisotopic (exact) mass is 296 g/mol. The zero-order chi connectivity index (χ0) is 15.7. The average Bonchev–Trinajstić information content (AvgIpc) is 2.65. The Morgan fingerprint density at radius 3 is 2.33 bits per heavy atom. The lowest BCUT2D eigenvalue weighted by atomic mass is 9.85. The fraction of sp³-hybridized carbons (Fsp3) is 0.800. The molecular weight excluding hydrogens is 272 g/mol. The number of carbonyl (C=O) groups is 3. The van der Waals surface area contributed by atoms with Crippen molar-refractivity contribution in [3.63, 3.8) is 0 Å². The van der Waals surface area contributed by atoms with Gasteiger partial charge in [-0.05, 0) is 26.7 Å². The van der Waals surface area contributed by atoms with Gasteiger partial charge >= 0.3 is 12.0 Å². The summed E-state index contributed by atoms with van der Waals surface area (Å²) in [5.41, 5.74) is -1.62. The minimum Gasteiger partial charge on any atom is -0.469 e. The van der Waals surface area contributed by atoms with Crippen molar-refractivity contribution in [3.8, 4) is 0 Å². The number of rotatable bonds is 3. The van der Waals surface area contributed by atoms with E-state index < -0.39 is 11.0 Å². The summed E-state index contributed by atoms with van der Waals surface area (Å²) in [5, 5.41) is 2.43. The molecule has 1 aliphatic heterocycles. The van der Waals surface area contributed by atoms with Crippen molar-refractivity contribution < 1.29 is 19.1 Å². The number of imide groups is 1. The predicted octanol–water partition coefficient (Wildman–Crippen LogP) is 1.83. The van der Waals surface area contributed by atoms with Crippen LogP contribution in [0.4, 0.5) is 4.79 Å². The van der Waals surface area contributed by atoms with Crippen molar-refractivity contribution >= 4 is 17.9 Å².